The molecule has 0 aromatic heterocycles. The van der Waals surface area contributed by atoms with E-state index in [2.05, 4.69) is 63.8 Å². The topological polar surface area (TPSA) is 32.7 Å². The zero-order valence-corrected chi connectivity index (χ0v) is 14.2. The normalized spacial score (nSPS) is 13.4. The van der Waals surface area contributed by atoms with E-state index in [0.29, 0.717) is 31.7 Å². The summed E-state index contributed by atoms with van der Waals surface area (Å²) in [5.41, 5.74) is 2.57. The maximum absolute atomic E-state index is 10.1. The highest BCUT2D eigenvalue weighted by Crippen LogP contribution is 2.11. The van der Waals surface area contributed by atoms with E-state index >= 15 is 0 Å². The van der Waals surface area contributed by atoms with Gasteiger partial charge < -0.3 is 9.84 Å². The van der Waals surface area contributed by atoms with Crippen LogP contribution in [0.1, 0.15) is 38.8 Å². The Balaban J connectivity index is 2.49. The first-order valence-corrected chi connectivity index (χ1v) is 7.94. The van der Waals surface area contributed by atoms with Crippen molar-refractivity contribution in [3.8, 4) is 0 Å². The Morgan fingerprint density at radius 2 is 1.86 bits per heavy atom. The molecule has 0 fully saturated rings. The lowest BCUT2D eigenvalue weighted by molar-refractivity contribution is 0.00174. The van der Waals surface area contributed by atoms with E-state index in [-0.39, 0.29) is 0 Å². The highest BCUT2D eigenvalue weighted by Gasteiger charge is 2.15. The third kappa shape index (κ3) is 7.60. The first-order valence-electron chi connectivity index (χ1n) is 7.94. The molecule has 0 radical (unpaired) electrons. The van der Waals surface area contributed by atoms with Crippen LogP contribution in [-0.4, -0.2) is 41.9 Å². The highest BCUT2D eigenvalue weighted by molar-refractivity contribution is 5.22. The van der Waals surface area contributed by atoms with Crippen LogP contribution in [0.4, 0.5) is 0 Å². The Labute approximate surface area is 129 Å². The van der Waals surface area contributed by atoms with Crippen LogP contribution >= 0.6 is 0 Å². The summed E-state index contributed by atoms with van der Waals surface area (Å²) in [6.45, 7) is 13.3. The molecule has 1 unspecified atom stereocenters. The van der Waals surface area contributed by atoms with Crippen molar-refractivity contribution < 1.29 is 9.84 Å². The molecule has 0 spiro atoms. The van der Waals surface area contributed by atoms with Crippen LogP contribution in [0.25, 0.3) is 0 Å². The SMILES string of the molecule is Cc1cccc(CN(CC(O)COCC(C)C)C(C)C)c1. The van der Waals surface area contributed by atoms with E-state index in [1.54, 1.807) is 0 Å². The Kier molecular flexibility index (Phi) is 7.94. The van der Waals surface area contributed by atoms with Gasteiger partial charge >= 0.3 is 0 Å². The van der Waals surface area contributed by atoms with Gasteiger partial charge in [-0.15, -0.1) is 0 Å². The highest BCUT2D eigenvalue weighted by atomic mass is 16.5. The van der Waals surface area contributed by atoms with E-state index in [1.807, 2.05) is 0 Å². The number of hydrogen-bond donors (Lipinski definition) is 1. The molecule has 0 aliphatic heterocycles. The maximum atomic E-state index is 10.1. The molecular formula is C18H31NO2. The second kappa shape index (κ2) is 9.19. The van der Waals surface area contributed by atoms with E-state index in [4.69, 9.17) is 4.74 Å². The van der Waals surface area contributed by atoms with Crippen LogP contribution in [0, 0.1) is 12.8 Å². The summed E-state index contributed by atoms with van der Waals surface area (Å²) in [4.78, 5) is 2.29. The molecule has 1 aromatic carbocycles. The van der Waals surface area contributed by atoms with Crippen LogP contribution < -0.4 is 0 Å². The first kappa shape index (κ1) is 18.1. The van der Waals surface area contributed by atoms with Gasteiger partial charge in [0.15, 0.2) is 0 Å². The van der Waals surface area contributed by atoms with Crippen molar-refractivity contribution >= 4 is 0 Å². The van der Waals surface area contributed by atoms with Gasteiger partial charge in [0.1, 0.15) is 0 Å². The fourth-order valence-electron chi connectivity index (χ4n) is 2.27. The summed E-state index contributed by atoms with van der Waals surface area (Å²) >= 11 is 0. The number of aliphatic hydroxyl groups excluding tert-OH is 1. The monoisotopic (exact) mass is 293 g/mol. The first-order chi connectivity index (χ1) is 9.88. The number of hydrogen-bond acceptors (Lipinski definition) is 3. The number of benzene rings is 1. The number of aryl methyl sites for hydroxylation is 1. The third-order valence-corrected chi connectivity index (χ3v) is 3.41. The summed E-state index contributed by atoms with van der Waals surface area (Å²) in [6.07, 6.45) is -0.434. The van der Waals surface area contributed by atoms with E-state index in [0.717, 1.165) is 6.54 Å². The van der Waals surface area contributed by atoms with Crippen molar-refractivity contribution in [1.29, 1.82) is 0 Å². The number of aliphatic hydroxyl groups is 1. The molecule has 120 valence electrons. The van der Waals surface area contributed by atoms with Gasteiger partial charge in [-0.1, -0.05) is 43.7 Å². The largest absolute Gasteiger partial charge is 0.389 e. The predicted molar refractivity (Wildman–Crippen MR) is 88.4 cm³/mol. The zero-order valence-electron chi connectivity index (χ0n) is 14.2. The molecule has 0 aliphatic rings. The molecule has 0 aliphatic carbocycles. The van der Waals surface area contributed by atoms with Gasteiger partial charge in [0.2, 0.25) is 0 Å². The van der Waals surface area contributed by atoms with Gasteiger partial charge in [-0.2, -0.15) is 0 Å². The molecule has 0 heterocycles. The summed E-state index contributed by atoms with van der Waals surface area (Å²) in [5, 5.41) is 10.1. The molecular weight excluding hydrogens is 262 g/mol. The quantitative estimate of drug-likeness (QED) is 0.758. The van der Waals surface area contributed by atoms with Crippen LogP contribution in [0.15, 0.2) is 24.3 Å². The van der Waals surface area contributed by atoms with Gasteiger partial charge in [0, 0.05) is 25.7 Å². The lowest BCUT2D eigenvalue weighted by atomic mass is 10.1. The smallest absolute Gasteiger partial charge is 0.0900 e. The molecule has 1 N–H and O–H groups in total. The van der Waals surface area contributed by atoms with Crippen molar-refractivity contribution in [2.24, 2.45) is 5.92 Å². The van der Waals surface area contributed by atoms with Crippen molar-refractivity contribution in [1.82, 2.24) is 4.90 Å². The fraction of sp³-hybridized carbons (Fsp3) is 0.667. The minimum Gasteiger partial charge on any atom is -0.389 e. The van der Waals surface area contributed by atoms with Gasteiger partial charge in [-0.3, -0.25) is 4.90 Å². The molecule has 0 saturated carbocycles. The van der Waals surface area contributed by atoms with Gasteiger partial charge in [-0.05, 0) is 32.3 Å². The minimum absolute atomic E-state index is 0.394. The van der Waals surface area contributed by atoms with Crippen LogP contribution in [-0.2, 0) is 11.3 Å². The lowest BCUT2D eigenvalue weighted by Gasteiger charge is -2.29. The van der Waals surface area contributed by atoms with E-state index in [9.17, 15) is 5.11 Å². The third-order valence-electron chi connectivity index (χ3n) is 3.41. The minimum atomic E-state index is -0.434. The van der Waals surface area contributed by atoms with Crippen LogP contribution in [0.5, 0.6) is 0 Å². The maximum Gasteiger partial charge on any atom is 0.0900 e. The van der Waals surface area contributed by atoms with Gasteiger partial charge in [0.05, 0.1) is 12.7 Å². The van der Waals surface area contributed by atoms with Gasteiger partial charge in [0.25, 0.3) is 0 Å². The Bertz CT molecular complexity index is 404. The number of nitrogens with zero attached hydrogens (tertiary/aromatic N) is 1. The summed E-state index contributed by atoms with van der Waals surface area (Å²) in [6, 6.07) is 8.94. The molecule has 0 amide bonds. The fourth-order valence-corrected chi connectivity index (χ4v) is 2.27. The molecule has 3 nitrogen and oxygen atoms in total. The van der Waals surface area contributed by atoms with Crippen molar-refractivity contribution in [2.45, 2.75) is 53.3 Å². The van der Waals surface area contributed by atoms with Crippen LogP contribution in [0.3, 0.4) is 0 Å². The molecule has 1 atom stereocenters. The number of ether oxygens (including phenoxy) is 1. The standard InChI is InChI=1S/C18H31NO2/c1-14(2)12-21-13-18(20)11-19(15(3)4)10-17-8-6-7-16(5)9-17/h6-9,14-15,18,20H,10-13H2,1-5H3. The average molecular weight is 293 g/mol. The summed E-state index contributed by atoms with van der Waals surface area (Å²) in [7, 11) is 0. The summed E-state index contributed by atoms with van der Waals surface area (Å²) < 4.78 is 5.53. The number of rotatable bonds is 9. The second-order valence-electron chi connectivity index (χ2n) is 6.60. The Morgan fingerprint density at radius 1 is 1.14 bits per heavy atom. The van der Waals surface area contributed by atoms with E-state index < -0.39 is 6.10 Å². The van der Waals surface area contributed by atoms with Gasteiger partial charge in [-0.25, -0.2) is 0 Å². The van der Waals surface area contributed by atoms with E-state index in [1.165, 1.54) is 11.1 Å². The Morgan fingerprint density at radius 3 is 2.43 bits per heavy atom. The van der Waals surface area contributed by atoms with Crippen LogP contribution in [0.2, 0.25) is 0 Å². The molecule has 0 saturated heterocycles. The molecule has 1 rings (SSSR count). The molecule has 1 aromatic rings. The van der Waals surface area contributed by atoms with Crippen molar-refractivity contribution in [3.63, 3.8) is 0 Å². The van der Waals surface area contributed by atoms with Crippen molar-refractivity contribution in [3.05, 3.63) is 35.4 Å². The summed E-state index contributed by atoms with van der Waals surface area (Å²) in [5.74, 6) is 0.505. The zero-order chi connectivity index (χ0) is 15.8. The van der Waals surface area contributed by atoms with Crippen molar-refractivity contribution in [2.75, 3.05) is 19.8 Å². The molecule has 0 bridgehead atoms. The molecule has 3 heteroatoms. The lowest BCUT2D eigenvalue weighted by Crippen LogP contribution is -2.39. The Hall–Kier alpha value is -0.900. The predicted octanol–water partition coefficient (Wildman–Crippen LogP) is 3.24. The average Bonchev–Trinajstić information content (AvgIpc) is 2.37. The molecule has 21 heavy (non-hydrogen) atoms. The second-order valence-corrected chi connectivity index (χ2v) is 6.60.